The smallest absolute Gasteiger partial charge is 0.303 e. The van der Waals surface area contributed by atoms with Crippen LogP contribution in [0.2, 0.25) is 0 Å². The van der Waals surface area contributed by atoms with Gasteiger partial charge < -0.3 is 24.4 Å². The molecule has 2 fully saturated rings. The highest BCUT2D eigenvalue weighted by atomic mass is 16.6. The van der Waals surface area contributed by atoms with Crippen molar-refractivity contribution in [3.63, 3.8) is 0 Å². The number of carbonyl (C=O) groups excluding carboxylic acids is 4. The Balaban J connectivity index is 2.32. The first-order valence-corrected chi connectivity index (χ1v) is 11.9. The second-order valence-electron chi connectivity index (χ2n) is 10.8. The largest absolute Gasteiger partial charge is 0.462 e. The SMILES string of the molecule is C=C1C(OC(C)=O)CCC2(C)C(O)C(=O)C3=C(CO)CC(OC(C)=O)C(C(OC(C)=O)C12)C3(C)C. The Morgan fingerprint density at radius 3 is 2.11 bits per heavy atom. The zero-order chi connectivity index (χ0) is 26.5. The number of esters is 3. The molecule has 0 aromatic heterocycles. The van der Waals surface area contributed by atoms with Crippen LogP contribution in [-0.2, 0) is 33.4 Å². The minimum absolute atomic E-state index is 0.0546. The normalized spacial score (nSPS) is 36.5. The van der Waals surface area contributed by atoms with Gasteiger partial charge in [-0.3, -0.25) is 19.2 Å². The molecule has 0 aromatic carbocycles. The van der Waals surface area contributed by atoms with E-state index in [1.165, 1.54) is 20.8 Å². The van der Waals surface area contributed by atoms with Crippen LogP contribution in [0.25, 0.3) is 0 Å². The Kier molecular flexibility index (Phi) is 7.35. The summed E-state index contributed by atoms with van der Waals surface area (Å²) in [5, 5.41) is 21.6. The third-order valence-electron chi connectivity index (χ3n) is 8.07. The van der Waals surface area contributed by atoms with Crippen molar-refractivity contribution in [2.75, 3.05) is 6.61 Å². The van der Waals surface area contributed by atoms with Gasteiger partial charge in [0.05, 0.1) is 6.61 Å². The summed E-state index contributed by atoms with van der Waals surface area (Å²) in [4.78, 5) is 50.1. The Bertz CT molecular complexity index is 977. The molecule has 0 radical (unpaired) electrons. The molecule has 35 heavy (non-hydrogen) atoms. The van der Waals surface area contributed by atoms with Gasteiger partial charge in [0.1, 0.15) is 24.4 Å². The number of ketones is 1. The number of fused-ring (bicyclic) bond motifs is 3. The summed E-state index contributed by atoms with van der Waals surface area (Å²) in [6.45, 7) is 12.8. The first-order chi connectivity index (χ1) is 16.2. The maximum atomic E-state index is 13.8. The van der Waals surface area contributed by atoms with Crippen molar-refractivity contribution in [2.24, 2.45) is 22.7 Å². The van der Waals surface area contributed by atoms with Crippen LogP contribution in [0.4, 0.5) is 0 Å². The second-order valence-corrected chi connectivity index (χ2v) is 10.8. The van der Waals surface area contributed by atoms with E-state index in [1.807, 2.05) is 0 Å². The first-order valence-electron chi connectivity index (χ1n) is 11.9. The summed E-state index contributed by atoms with van der Waals surface area (Å²) in [5.74, 6) is -3.63. The molecular formula is C26H36O9. The molecule has 0 saturated heterocycles. The van der Waals surface area contributed by atoms with E-state index in [0.717, 1.165) is 0 Å². The average Bonchev–Trinajstić information content (AvgIpc) is 2.72. The third kappa shape index (κ3) is 4.56. The van der Waals surface area contributed by atoms with Crippen LogP contribution in [0.15, 0.2) is 23.3 Å². The molecule has 2 saturated carbocycles. The van der Waals surface area contributed by atoms with Crippen molar-refractivity contribution >= 4 is 23.7 Å². The fourth-order valence-electron chi connectivity index (χ4n) is 6.76. The zero-order valence-electron chi connectivity index (χ0n) is 21.3. The van der Waals surface area contributed by atoms with E-state index in [-0.39, 0.29) is 18.4 Å². The molecule has 2 bridgehead atoms. The number of carbonyl (C=O) groups is 4. The standard InChI is InChI=1S/C26H36O9/c1-12-17(33-13(2)28)8-9-26(7)19(12)23(35-15(4)30)21-18(34-14(3)29)10-16(11-27)20(25(21,5)6)22(31)24(26)32/h17-19,21,23-24,27,32H,1,8-11H2,2-7H3. The lowest BCUT2D eigenvalue weighted by Crippen LogP contribution is -2.63. The molecule has 3 aliphatic rings. The summed E-state index contributed by atoms with van der Waals surface area (Å²) < 4.78 is 17.1. The zero-order valence-corrected chi connectivity index (χ0v) is 21.3. The topological polar surface area (TPSA) is 136 Å². The Hall–Kier alpha value is -2.52. The van der Waals surface area contributed by atoms with Gasteiger partial charge in [-0.05, 0) is 24.0 Å². The van der Waals surface area contributed by atoms with Crippen LogP contribution in [-0.4, -0.2) is 64.9 Å². The summed E-state index contributed by atoms with van der Waals surface area (Å²) in [5.41, 5.74) is -1.08. The Labute approximate surface area is 205 Å². The maximum Gasteiger partial charge on any atom is 0.303 e. The molecule has 9 heteroatoms. The molecule has 7 unspecified atom stereocenters. The van der Waals surface area contributed by atoms with E-state index in [0.29, 0.717) is 17.6 Å². The molecule has 0 heterocycles. The number of aliphatic hydroxyl groups is 2. The van der Waals surface area contributed by atoms with Gasteiger partial charge in [0.25, 0.3) is 0 Å². The lowest BCUT2D eigenvalue weighted by molar-refractivity contribution is -0.189. The fourth-order valence-corrected chi connectivity index (χ4v) is 6.76. The van der Waals surface area contributed by atoms with Gasteiger partial charge in [-0.1, -0.05) is 27.4 Å². The molecule has 0 aliphatic heterocycles. The van der Waals surface area contributed by atoms with Gasteiger partial charge in [-0.2, -0.15) is 0 Å². The lowest BCUT2D eigenvalue weighted by Gasteiger charge is -2.58. The van der Waals surface area contributed by atoms with Crippen LogP contribution < -0.4 is 0 Å². The van der Waals surface area contributed by atoms with Gasteiger partial charge in [0.2, 0.25) is 0 Å². The van der Waals surface area contributed by atoms with Crippen LogP contribution in [0.5, 0.6) is 0 Å². The van der Waals surface area contributed by atoms with Crippen molar-refractivity contribution < 1.29 is 43.6 Å². The van der Waals surface area contributed by atoms with Crippen molar-refractivity contribution in [3.05, 3.63) is 23.3 Å². The van der Waals surface area contributed by atoms with E-state index >= 15 is 0 Å². The summed E-state index contributed by atoms with van der Waals surface area (Å²) >= 11 is 0. The third-order valence-corrected chi connectivity index (χ3v) is 8.07. The summed E-state index contributed by atoms with van der Waals surface area (Å²) in [6.07, 6.45) is -3.27. The number of hydrogen-bond acceptors (Lipinski definition) is 9. The summed E-state index contributed by atoms with van der Waals surface area (Å²) in [7, 11) is 0. The maximum absolute atomic E-state index is 13.8. The van der Waals surface area contributed by atoms with Gasteiger partial charge in [-0.15, -0.1) is 0 Å². The molecule has 9 nitrogen and oxygen atoms in total. The molecule has 3 rings (SSSR count). The number of Topliss-reactive ketones (excluding diaryl/α,β-unsaturated/α-hetero) is 1. The molecule has 7 atom stereocenters. The van der Waals surface area contributed by atoms with Crippen LogP contribution >= 0.6 is 0 Å². The number of ether oxygens (including phenoxy) is 3. The molecule has 0 amide bonds. The highest BCUT2D eigenvalue weighted by Crippen LogP contribution is 2.59. The van der Waals surface area contributed by atoms with E-state index in [9.17, 15) is 29.4 Å². The number of hydrogen-bond donors (Lipinski definition) is 2. The van der Waals surface area contributed by atoms with Crippen molar-refractivity contribution in [2.45, 2.75) is 85.2 Å². The van der Waals surface area contributed by atoms with Gasteiger partial charge in [0.15, 0.2) is 5.78 Å². The van der Waals surface area contributed by atoms with E-state index < -0.39 is 77.4 Å². The van der Waals surface area contributed by atoms with E-state index in [4.69, 9.17) is 14.2 Å². The van der Waals surface area contributed by atoms with Crippen molar-refractivity contribution in [1.82, 2.24) is 0 Å². The lowest BCUT2D eigenvalue weighted by atomic mass is 9.49. The Morgan fingerprint density at radius 1 is 1.03 bits per heavy atom. The van der Waals surface area contributed by atoms with Crippen molar-refractivity contribution in [1.29, 1.82) is 0 Å². The van der Waals surface area contributed by atoms with E-state index in [1.54, 1.807) is 20.8 Å². The molecular weight excluding hydrogens is 456 g/mol. The Morgan fingerprint density at radius 2 is 1.60 bits per heavy atom. The van der Waals surface area contributed by atoms with Crippen LogP contribution in [0, 0.1) is 22.7 Å². The minimum atomic E-state index is -1.48. The number of rotatable bonds is 4. The van der Waals surface area contributed by atoms with Gasteiger partial charge in [0, 0.05) is 55.4 Å². The summed E-state index contributed by atoms with van der Waals surface area (Å²) in [6, 6.07) is 0. The predicted molar refractivity (Wildman–Crippen MR) is 124 cm³/mol. The molecule has 0 aromatic rings. The molecule has 2 N–H and O–H groups in total. The van der Waals surface area contributed by atoms with E-state index in [2.05, 4.69) is 6.58 Å². The highest BCUT2D eigenvalue weighted by molar-refractivity contribution is 6.01. The number of aliphatic hydroxyl groups excluding tert-OH is 2. The predicted octanol–water partition coefficient (Wildman–Crippen LogP) is 2.03. The van der Waals surface area contributed by atoms with Crippen molar-refractivity contribution in [3.8, 4) is 0 Å². The molecule has 0 spiro atoms. The molecule has 3 aliphatic carbocycles. The quantitative estimate of drug-likeness (QED) is 0.343. The van der Waals surface area contributed by atoms with Crippen LogP contribution in [0.1, 0.15) is 60.8 Å². The monoisotopic (exact) mass is 492 g/mol. The second kappa shape index (κ2) is 9.50. The first kappa shape index (κ1) is 27.1. The highest BCUT2D eigenvalue weighted by Gasteiger charge is 2.63. The molecule has 194 valence electrons. The van der Waals surface area contributed by atoms with Crippen LogP contribution in [0.3, 0.4) is 0 Å². The van der Waals surface area contributed by atoms with Gasteiger partial charge >= 0.3 is 17.9 Å². The van der Waals surface area contributed by atoms with Gasteiger partial charge in [-0.25, -0.2) is 0 Å². The average molecular weight is 493 g/mol. The minimum Gasteiger partial charge on any atom is -0.462 e. The fraction of sp³-hybridized carbons (Fsp3) is 0.692.